The average molecular weight is 349 g/mol. The fourth-order valence-corrected chi connectivity index (χ4v) is 4.09. The first-order valence-electron chi connectivity index (χ1n) is 6.40. The Morgan fingerprint density at radius 1 is 1.21 bits per heavy atom. The summed E-state index contributed by atoms with van der Waals surface area (Å²) in [6.07, 6.45) is 0. The number of hydrogen-bond acceptors (Lipinski definition) is 3. The van der Waals surface area contributed by atoms with Crippen LogP contribution in [0.2, 0.25) is 0 Å². The van der Waals surface area contributed by atoms with E-state index < -0.39 is 14.2 Å². The third-order valence-electron chi connectivity index (χ3n) is 2.87. The summed E-state index contributed by atoms with van der Waals surface area (Å²) in [5, 5.41) is 3.16. The van der Waals surface area contributed by atoms with Gasteiger partial charge in [-0.25, -0.2) is 12.7 Å². The van der Waals surface area contributed by atoms with Crippen molar-refractivity contribution in [1.29, 1.82) is 0 Å². The van der Waals surface area contributed by atoms with E-state index in [-0.39, 0.29) is 0 Å². The summed E-state index contributed by atoms with van der Waals surface area (Å²) in [4.78, 5) is 0. The van der Waals surface area contributed by atoms with Crippen LogP contribution in [0.1, 0.15) is 19.4 Å². The van der Waals surface area contributed by atoms with Crippen LogP contribution in [0, 0.1) is 0 Å². The predicted molar refractivity (Wildman–Crippen MR) is 82.7 cm³/mol. The Labute approximate surface area is 124 Å². The van der Waals surface area contributed by atoms with Crippen LogP contribution >= 0.6 is 15.9 Å². The Hall–Kier alpha value is -0.430. The summed E-state index contributed by atoms with van der Waals surface area (Å²) in [7, 11) is -3.27. The zero-order valence-corrected chi connectivity index (χ0v) is 13.7. The molecule has 6 heteroatoms. The van der Waals surface area contributed by atoms with E-state index in [1.54, 1.807) is 0 Å². The van der Waals surface area contributed by atoms with Crippen LogP contribution < -0.4 is 5.32 Å². The molecule has 4 nitrogen and oxygen atoms in total. The van der Waals surface area contributed by atoms with Crippen molar-refractivity contribution in [1.82, 2.24) is 9.62 Å². The van der Waals surface area contributed by atoms with E-state index >= 15 is 0 Å². The molecule has 0 radical (unpaired) electrons. The zero-order chi connectivity index (χ0) is 14.3. The first kappa shape index (κ1) is 16.6. The monoisotopic (exact) mass is 348 g/mol. The van der Waals surface area contributed by atoms with Crippen molar-refractivity contribution in [3.63, 3.8) is 0 Å². The minimum atomic E-state index is -3.27. The van der Waals surface area contributed by atoms with Crippen LogP contribution in [-0.2, 0) is 16.6 Å². The molecule has 0 bridgehead atoms. The fourth-order valence-electron chi connectivity index (χ4n) is 1.78. The lowest BCUT2D eigenvalue weighted by molar-refractivity contribution is 0.442. The summed E-state index contributed by atoms with van der Waals surface area (Å²) >= 11 is 3.26. The minimum Gasteiger partial charge on any atom is -0.310 e. The second-order valence-electron chi connectivity index (χ2n) is 4.16. The molecule has 0 aliphatic rings. The molecule has 0 saturated carbocycles. The van der Waals surface area contributed by atoms with Crippen molar-refractivity contribution in [2.75, 3.05) is 19.6 Å². The molecule has 0 amide bonds. The van der Waals surface area contributed by atoms with Crippen LogP contribution in [0.15, 0.2) is 30.3 Å². The van der Waals surface area contributed by atoms with Gasteiger partial charge in [-0.1, -0.05) is 60.1 Å². The van der Waals surface area contributed by atoms with Crippen LogP contribution in [0.3, 0.4) is 0 Å². The molecular formula is C13H21BrN2O2S. The summed E-state index contributed by atoms with van der Waals surface area (Å²) in [5.41, 5.74) is 1.14. The molecule has 1 N–H and O–H groups in total. The Morgan fingerprint density at radius 3 is 2.32 bits per heavy atom. The van der Waals surface area contributed by atoms with E-state index in [0.717, 1.165) is 5.56 Å². The van der Waals surface area contributed by atoms with Gasteiger partial charge in [0.25, 0.3) is 0 Å². The molecule has 1 unspecified atom stereocenters. The van der Waals surface area contributed by atoms with Gasteiger partial charge in [-0.15, -0.1) is 0 Å². The van der Waals surface area contributed by atoms with E-state index in [1.807, 2.05) is 44.2 Å². The lowest BCUT2D eigenvalue weighted by atomic mass is 10.2. The van der Waals surface area contributed by atoms with Crippen LogP contribution in [0.5, 0.6) is 0 Å². The van der Waals surface area contributed by atoms with Gasteiger partial charge in [0.05, 0.1) is 0 Å². The number of benzene rings is 1. The van der Waals surface area contributed by atoms with Gasteiger partial charge in [-0.05, 0) is 5.56 Å². The van der Waals surface area contributed by atoms with Gasteiger partial charge in [0.1, 0.15) is 4.16 Å². The highest BCUT2D eigenvalue weighted by Crippen LogP contribution is 2.14. The highest BCUT2D eigenvalue weighted by molar-refractivity contribution is 9.11. The molecule has 0 aliphatic heterocycles. The lowest BCUT2D eigenvalue weighted by Crippen LogP contribution is -2.40. The highest BCUT2D eigenvalue weighted by atomic mass is 79.9. The fraction of sp³-hybridized carbons (Fsp3) is 0.538. The largest absolute Gasteiger partial charge is 0.310 e. The minimum absolute atomic E-state index is 0.383. The molecule has 0 saturated heterocycles. The topological polar surface area (TPSA) is 49.4 Å². The van der Waals surface area contributed by atoms with Crippen molar-refractivity contribution in [3.8, 4) is 0 Å². The molecule has 0 fully saturated rings. The molecule has 1 aromatic rings. The maximum absolute atomic E-state index is 12.2. The molecule has 1 aromatic carbocycles. The predicted octanol–water partition coefficient (Wildman–Crippen LogP) is 2.17. The summed E-state index contributed by atoms with van der Waals surface area (Å²) in [5.74, 6) is 0. The molecule has 0 aromatic heterocycles. The van der Waals surface area contributed by atoms with E-state index in [2.05, 4.69) is 21.2 Å². The highest BCUT2D eigenvalue weighted by Gasteiger charge is 2.27. The Kier molecular flexibility index (Phi) is 6.99. The van der Waals surface area contributed by atoms with Crippen molar-refractivity contribution in [2.24, 2.45) is 0 Å². The average Bonchev–Trinajstić information content (AvgIpc) is 2.41. The van der Waals surface area contributed by atoms with E-state index in [4.69, 9.17) is 0 Å². The summed E-state index contributed by atoms with van der Waals surface area (Å²) in [6, 6.07) is 9.91. The van der Waals surface area contributed by atoms with Gasteiger partial charge in [-0.2, -0.15) is 0 Å². The number of nitrogens with one attached hydrogen (secondary N) is 1. The van der Waals surface area contributed by atoms with E-state index in [9.17, 15) is 8.42 Å². The summed E-state index contributed by atoms with van der Waals surface area (Å²) < 4.78 is 25.2. The first-order valence-corrected chi connectivity index (χ1v) is 8.81. The Morgan fingerprint density at radius 2 is 1.79 bits per heavy atom. The van der Waals surface area contributed by atoms with Gasteiger partial charge in [0.2, 0.25) is 10.0 Å². The van der Waals surface area contributed by atoms with Gasteiger partial charge in [0, 0.05) is 26.2 Å². The quantitative estimate of drug-likeness (QED) is 0.732. The standard InChI is InChI=1S/C13H21BrN2O2S/c1-3-16(4-2)19(17,18)13(14)11-15-10-12-8-6-5-7-9-12/h5-9,13,15H,3-4,10-11H2,1-2H3. The molecular weight excluding hydrogens is 328 g/mol. The molecule has 108 valence electrons. The van der Waals surface area contributed by atoms with Crippen molar-refractivity contribution >= 4 is 26.0 Å². The van der Waals surface area contributed by atoms with E-state index in [1.165, 1.54) is 4.31 Å². The second-order valence-corrected chi connectivity index (χ2v) is 7.98. The number of nitrogens with zero attached hydrogens (tertiary/aromatic N) is 1. The van der Waals surface area contributed by atoms with Crippen LogP contribution in [0.4, 0.5) is 0 Å². The molecule has 0 spiro atoms. The number of rotatable bonds is 8. The summed E-state index contributed by atoms with van der Waals surface area (Å²) in [6.45, 7) is 5.74. The Bertz CT molecular complexity index is 461. The van der Waals surface area contributed by atoms with Crippen molar-refractivity contribution in [3.05, 3.63) is 35.9 Å². The number of halogens is 1. The van der Waals surface area contributed by atoms with Crippen LogP contribution in [0.25, 0.3) is 0 Å². The maximum Gasteiger partial charge on any atom is 0.228 e. The van der Waals surface area contributed by atoms with Gasteiger partial charge < -0.3 is 5.32 Å². The molecule has 19 heavy (non-hydrogen) atoms. The van der Waals surface area contributed by atoms with Crippen molar-refractivity contribution in [2.45, 2.75) is 24.6 Å². The van der Waals surface area contributed by atoms with Gasteiger partial charge >= 0.3 is 0 Å². The lowest BCUT2D eigenvalue weighted by Gasteiger charge is -2.22. The van der Waals surface area contributed by atoms with Crippen molar-refractivity contribution < 1.29 is 8.42 Å². The number of sulfonamides is 1. The third kappa shape index (κ3) is 4.87. The molecule has 0 heterocycles. The molecule has 1 atom stereocenters. The number of hydrogen-bond donors (Lipinski definition) is 1. The second kappa shape index (κ2) is 7.99. The Balaban J connectivity index is 2.49. The third-order valence-corrected chi connectivity index (χ3v) is 6.66. The van der Waals surface area contributed by atoms with Gasteiger partial charge in [-0.3, -0.25) is 0 Å². The normalized spacial score (nSPS) is 13.7. The van der Waals surface area contributed by atoms with Crippen LogP contribution in [-0.4, -0.2) is 36.5 Å². The SMILES string of the molecule is CCN(CC)S(=O)(=O)C(Br)CNCc1ccccc1. The first-order chi connectivity index (χ1) is 9.02. The van der Waals surface area contributed by atoms with Gasteiger partial charge in [0.15, 0.2) is 0 Å². The molecule has 0 aliphatic carbocycles. The zero-order valence-electron chi connectivity index (χ0n) is 11.3. The van der Waals surface area contributed by atoms with E-state index in [0.29, 0.717) is 26.2 Å². The number of alkyl halides is 1. The maximum atomic E-state index is 12.2. The smallest absolute Gasteiger partial charge is 0.228 e. The molecule has 1 rings (SSSR count).